The fraction of sp³-hybridized carbons (Fsp3) is 0.509. The number of fused-ring (bicyclic) bond motifs is 5. The molecule has 0 saturated heterocycles. The molecule has 4 atom stereocenters. The van der Waals surface area contributed by atoms with Crippen LogP contribution in [0.25, 0.3) is 11.1 Å². The lowest BCUT2D eigenvalue weighted by molar-refractivity contribution is -0.142. The first-order chi connectivity index (χ1) is 67.9. The zero-order valence-corrected chi connectivity index (χ0v) is 86.3. The van der Waals surface area contributed by atoms with Crippen molar-refractivity contribution in [3.05, 3.63) is 222 Å². The van der Waals surface area contributed by atoms with Gasteiger partial charge in [-0.3, -0.25) is 24.0 Å². The van der Waals surface area contributed by atoms with Crippen LogP contribution in [0.15, 0.2) is 132 Å². The zero-order valence-electron chi connectivity index (χ0n) is 84.7. The monoisotopic (exact) mass is 2040 g/mol. The molecular weight excluding hydrogens is 1880 g/mol. The summed E-state index contributed by atoms with van der Waals surface area (Å²) in [6.45, 7) is 13.3. The van der Waals surface area contributed by atoms with Crippen molar-refractivity contribution in [1.82, 2.24) is 10.2 Å². The van der Waals surface area contributed by atoms with Crippen LogP contribution < -0.4 is 32.0 Å². The molecule has 1 aliphatic heterocycles. The summed E-state index contributed by atoms with van der Waals surface area (Å²) in [4.78, 5) is 115. The summed E-state index contributed by atoms with van der Waals surface area (Å²) in [5.74, 6) is -1.19. The van der Waals surface area contributed by atoms with E-state index in [2.05, 4.69) is 87.8 Å². The second-order valence-electron chi connectivity index (χ2n) is 34.3. The minimum Gasteiger partial charge on any atom is -0.492 e. The Kier molecular flexibility index (Phi) is 69.9. The Labute approximate surface area is 849 Å². The summed E-state index contributed by atoms with van der Waals surface area (Å²) < 4.78 is 95.3. The van der Waals surface area contributed by atoms with Crippen molar-refractivity contribution in [2.75, 3.05) is 68.3 Å². The number of rotatable bonds is 49. The molecule has 1 heterocycles. The summed E-state index contributed by atoms with van der Waals surface area (Å²) in [6.07, 6.45) is 39.6. The minimum atomic E-state index is -1.27. The summed E-state index contributed by atoms with van der Waals surface area (Å²) >= 11 is 3.08. The van der Waals surface area contributed by atoms with Gasteiger partial charge in [0.2, 0.25) is 11.8 Å². The van der Waals surface area contributed by atoms with Crippen LogP contribution in [0.5, 0.6) is 11.5 Å². The number of Topliss-reactive ketones (excluding diaryl/α,β-unsaturated/α-hetero) is 3. The number of nitrogens with two attached hydrogens (primary N) is 3. The number of carbonyl (C=O) groups is 9. The van der Waals surface area contributed by atoms with Gasteiger partial charge >= 0.3 is 23.9 Å². The van der Waals surface area contributed by atoms with Crippen LogP contribution in [-0.4, -0.2) is 143 Å². The first-order valence-corrected chi connectivity index (χ1v) is 50.4. The number of carboxylic acids is 1. The van der Waals surface area contributed by atoms with Gasteiger partial charge in [0.1, 0.15) is 59.8 Å². The molecule has 0 aromatic heterocycles. The number of amides is 2. The Bertz CT molecular complexity index is 5110. The highest BCUT2D eigenvalue weighted by Gasteiger charge is 2.37. The Morgan fingerprint density at radius 2 is 0.930 bits per heavy atom. The topological polar surface area (TPSA) is 357 Å². The summed E-state index contributed by atoms with van der Waals surface area (Å²) in [5, 5.41) is 27.7. The molecule has 28 heteroatoms. The van der Waals surface area contributed by atoms with Gasteiger partial charge in [-0.2, -0.15) is 5.26 Å². The second-order valence-corrected chi connectivity index (χ2v) is 35.2. The van der Waals surface area contributed by atoms with Crippen LogP contribution in [-0.2, 0) is 59.1 Å². The van der Waals surface area contributed by atoms with Gasteiger partial charge in [-0.15, -0.1) is 12.3 Å². The van der Waals surface area contributed by atoms with E-state index in [1.165, 1.54) is 210 Å². The summed E-state index contributed by atoms with van der Waals surface area (Å²) in [7, 11) is 6.16. The summed E-state index contributed by atoms with van der Waals surface area (Å²) in [6, 6.07) is 32.3. The number of aryl methyl sites for hydroxylation is 3. The van der Waals surface area contributed by atoms with Gasteiger partial charge in [0, 0.05) is 98.8 Å². The van der Waals surface area contributed by atoms with E-state index in [0.29, 0.717) is 50.2 Å². The number of hydrogen-bond donors (Lipinski definition) is 6. The largest absolute Gasteiger partial charge is 0.492 e. The Morgan fingerprint density at radius 3 is 1.36 bits per heavy atom. The van der Waals surface area contributed by atoms with Crippen molar-refractivity contribution in [3.63, 3.8) is 0 Å². The van der Waals surface area contributed by atoms with Crippen molar-refractivity contribution in [1.29, 1.82) is 5.26 Å². The zero-order chi connectivity index (χ0) is 105. The maximum absolute atomic E-state index is 15.5. The van der Waals surface area contributed by atoms with Crippen molar-refractivity contribution in [3.8, 4) is 52.9 Å². The quantitative estimate of drug-likeness (QED) is 0.00515. The highest BCUT2D eigenvalue weighted by Crippen LogP contribution is 2.41. The van der Waals surface area contributed by atoms with E-state index in [9.17, 15) is 66.0 Å². The van der Waals surface area contributed by atoms with Crippen molar-refractivity contribution >= 4 is 69.0 Å². The van der Waals surface area contributed by atoms with Crippen LogP contribution in [0.3, 0.4) is 0 Å². The molecule has 780 valence electrons. The standard InChI is InChI=1S/C49H65FN6O7.C16H23FO2.C16H19FO2.C15H21FO2.C8H6BrFO2.C8H14.CH4O.CH4/c1-4-5-6-7-8-9-11-33-13-16-37(40(50)28-33)43(58)31-36(19-21-52)49(61)56(3)47-35-15-18-46(63-25-23-54)39(30-35)38-27-34(14-17-45(38)62-24-22-53)29-41(42(57)12-10-20-51)55-48(60)32(2)26-44(47)59;2*1-3-4-5-6-7-8-9-13-10-11-14(15(17)12-13)16(18)19-2;1-2-3-4-5-6-7-8-12-9-10-13(15(17)18)14(16)11-12;1-12-8(11)6-3-2-5(9)4-7(6)10;1-3-5-7-8-6-4-2;1-2;/h13-18,27-28,30,32,36,41,47H,4-12,19,21-26,29,31,52-54H2,1-3H3,(H,55,60);10-12H,3-9H2,1-2H3;10-12H,3-7H2,1-2H3;9-11H,2-8H2,1H3,(H,17,18);2-4H,1H3;1H,4-8H2,2H3;2H,1H3;1H4/t32-,36-,41+,47+;;;;;;;/m1......./s1. The number of esters is 3. The number of benzene rings is 7. The predicted octanol–water partition coefficient (Wildman–Crippen LogP) is 24.4. The van der Waals surface area contributed by atoms with E-state index in [4.69, 9.17) is 43.3 Å². The van der Waals surface area contributed by atoms with E-state index < -0.39 is 100 Å². The number of hydrogen-bond acceptors (Lipinski definition) is 19. The average molecular weight is 2040 g/mol. The van der Waals surface area contributed by atoms with Gasteiger partial charge in [0.15, 0.2) is 17.3 Å². The molecule has 4 bridgehead atoms. The Morgan fingerprint density at radius 1 is 0.514 bits per heavy atom. The lowest BCUT2D eigenvalue weighted by Gasteiger charge is -2.32. The van der Waals surface area contributed by atoms with Crippen LogP contribution >= 0.6 is 15.9 Å². The number of nitriles is 1. The van der Waals surface area contributed by atoms with Crippen LogP contribution in [0, 0.1) is 76.4 Å². The van der Waals surface area contributed by atoms with Gasteiger partial charge in [0.25, 0.3) is 0 Å². The first kappa shape index (κ1) is 129. The molecule has 9 N–H and O–H groups in total. The third-order valence-electron chi connectivity index (χ3n) is 23.1. The van der Waals surface area contributed by atoms with Crippen LogP contribution in [0.2, 0.25) is 0 Å². The molecule has 142 heavy (non-hydrogen) atoms. The number of aliphatic hydroxyl groups excluding tert-OH is 1. The lowest BCUT2D eigenvalue weighted by Crippen LogP contribution is -2.46. The van der Waals surface area contributed by atoms with Crippen molar-refractivity contribution < 1.29 is 99.0 Å². The van der Waals surface area contributed by atoms with E-state index >= 15 is 4.39 Å². The number of ether oxygens (including phenoxy) is 5. The highest BCUT2D eigenvalue weighted by molar-refractivity contribution is 9.10. The molecule has 1 aliphatic rings. The average Bonchev–Trinajstić information content (AvgIpc) is 0.776. The van der Waals surface area contributed by atoms with Crippen LogP contribution in [0.4, 0.5) is 22.0 Å². The van der Waals surface area contributed by atoms with E-state index in [0.717, 1.165) is 101 Å². The number of likely N-dealkylation sites (N-methyl/N-ethyl adjacent to an activating group) is 1. The number of nitrogens with one attached hydrogen (secondary N) is 1. The number of ketones is 3. The maximum Gasteiger partial charge on any atom is 0.340 e. The number of aromatic carboxylic acids is 1. The molecule has 0 spiro atoms. The summed E-state index contributed by atoms with van der Waals surface area (Å²) in [5.41, 5.74) is 22.5. The number of methoxy groups -OCH3 is 3. The molecule has 0 unspecified atom stereocenters. The Balaban J connectivity index is 0.00000102. The van der Waals surface area contributed by atoms with E-state index in [1.807, 2.05) is 6.07 Å². The van der Waals surface area contributed by atoms with Gasteiger partial charge in [-0.1, -0.05) is 242 Å². The van der Waals surface area contributed by atoms with Crippen molar-refractivity contribution in [2.24, 2.45) is 29.0 Å². The first-order valence-electron chi connectivity index (χ1n) is 49.6. The van der Waals surface area contributed by atoms with Gasteiger partial charge in [-0.25, -0.2) is 41.1 Å². The molecule has 22 nitrogen and oxygen atoms in total. The number of terminal acetylenes is 1. The second kappa shape index (κ2) is 77.2. The number of unbranched alkanes of at least 4 members (excludes halogenated alkanes) is 23. The third kappa shape index (κ3) is 49.5. The SMILES string of the molecule is C.C#CCCCCCC.CCCCCCC#Cc1ccc(C(=O)OC)c(F)c1.CCCCCCCCc1ccc(C(=O)C[C@@H](CCN)C(=O)N(C)[C@@H]2C(=O)C[C@@H](C)C(=O)N[C@H](C(=O)CCC#N)Cc3ccc(OCCN)c(c3)-c3cc2ccc3OCCN)c(F)c1.CCCCCCCCc1ccc(C(=O)O)c(F)c1.CCCCCCCCc1ccc(C(=O)OC)c(F)c1.CO.COC(=O)c1ccc(Br)cc1F. The minimum absolute atomic E-state index is 0. The smallest absolute Gasteiger partial charge is 0.340 e. The number of carboxylic acid groups (broad SMARTS) is 1. The molecular formula is C114H156BrF5N6O16. The molecule has 0 saturated carbocycles. The third-order valence-corrected chi connectivity index (χ3v) is 23.6. The fourth-order valence-electron chi connectivity index (χ4n) is 15.2. The number of nitrogens with zero attached hydrogens (tertiary/aromatic N) is 2. The molecule has 0 fully saturated rings. The molecule has 0 radical (unpaired) electrons. The molecule has 7 aromatic carbocycles. The molecule has 8 rings (SSSR count). The van der Waals surface area contributed by atoms with Gasteiger partial charge in [-0.05, 0) is 196 Å². The maximum atomic E-state index is 15.5. The predicted molar refractivity (Wildman–Crippen MR) is 557 cm³/mol. The van der Waals surface area contributed by atoms with Gasteiger partial charge in [0.05, 0.1) is 61.3 Å². The van der Waals surface area contributed by atoms with Crippen molar-refractivity contribution in [2.45, 2.75) is 299 Å². The number of halogens is 6. The highest BCUT2D eigenvalue weighted by atomic mass is 79.9. The van der Waals surface area contributed by atoms with E-state index in [-0.39, 0.29) is 112 Å². The van der Waals surface area contributed by atoms with E-state index in [1.54, 1.807) is 73.7 Å². The molecule has 2 amide bonds. The van der Waals surface area contributed by atoms with Crippen LogP contribution in [0.1, 0.15) is 352 Å². The normalized spacial score (nSPS) is 12.9. The number of carbonyl (C=O) groups excluding carboxylic acids is 8. The Hall–Kier alpha value is -11.5. The lowest BCUT2D eigenvalue weighted by atomic mass is 9.88. The molecule has 7 aromatic rings. The fourth-order valence-corrected chi connectivity index (χ4v) is 15.5. The number of aliphatic hydroxyl groups is 1. The molecule has 0 aliphatic carbocycles. The van der Waals surface area contributed by atoms with Gasteiger partial charge < -0.3 is 61.3 Å².